The van der Waals surface area contributed by atoms with Crippen molar-refractivity contribution in [2.24, 2.45) is 5.73 Å². The second kappa shape index (κ2) is 5.74. The van der Waals surface area contributed by atoms with Crippen LogP contribution in [0.15, 0.2) is 12.2 Å². The standard InChI is InChI=1S/C8H12N2O4/c1-5(2)8(13)14-4-3-10-7(12)6(9)11/h1,3-4H2,2H3,(H2,9,11)(H,10,12). The van der Waals surface area contributed by atoms with Crippen molar-refractivity contribution in [2.45, 2.75) is 6.92 Å². The van der Waals surface area contributed by atoms with E-state index >= 15 is 0 Å². The van der Waals surface area contributed by atoms with Gasteiger partial charge < -0.3 is 15.8 Å². The zero-order valence-corrected chi connectivity index (χ0v) is 7.83. The van der Waals surface area contributed by atoms with Crippen molar-refractivity contribution in [3.8, 4) is 0 Å². The minimum atomic E-state index is -1.07. The average molecular weight is 200 g/mol. The number of carbonyl (C=O) groups is 3. The van der Waals surface area contributed by atoms with E-state index in [1.54, 1.807) is 0 Å². The molecule has 0 aliphatic carbocycles. The monoisotopic (exact) mass is 200 g/mol. The van der Waals surface area contributed by atoms with Crippen molar-refractivity contribution < 1.29 is 19.1 Å². The van der Waals surface area contributed by atoms with Crippen LogP contribution in [0.2, 0.25) is 0 Å². The van der Waals surface area contributed by atoms with Crippen LogP contribution in [-0.2, 0) is 19.1 Å². The van der Waals surface area contributed by atoms with Gasteiger partial charge in [-0.3, -0.25) is 9.59 Å². The van der Waals surface area contributed by atoms with Crippen LogP contribution in [0.1, 0.15) is 6.92 Å². The molecule has 3 N–H and O–H groups in total. The molecule has 6 heteroatoms. The molecule has 0 aromatic heterocycles. The van der Waals surface area contributed by atoms with Crippen molar-refractivity contribution in [2.75, 3.05) is 13.2 Å². The molecule has 0 spiro atoms. The zero-order valence-electron chi connectivity index (χ0n) is 7.83. The average Bonchev–Trinajstić information content (AvgIpc) is 2.11. The first-order valence-electron chi connectivity index (χ1n) is 3.85. The summed E-state index contributed by atoms with van der Waals surface area (Å²) in [6, 6.07) is 0. The van der Waals surface area contributed by atoms with Crippen molar-refractivity contribution in [1.82, 2.24) is 5.32 Å². The lowest BCUT2D eigenvalue weighted by Gasteiger charge is -2.04. The molecule has 2 amide bonds. The molecule has 0 atom stereocenters. The number of esters is 1. The van der Waals surface area contributed by atoms with E-state index in [0.717, 1.165) is 0 Å². The Morgan fingerprint density at radius 2 is 2.00 bits per heavy atom. The highest BCUT2D eigenvalue weighted by Gasteiger charge is 2.07. The molecule has 0 saturated carbocycles. The number of nitrogens with one attached hydrogen (secondary N) is 1. The summed E-state index contributed by atoms with van der Waals surface area (Å²) < 4.78 is 4.63. The molecule has 6 nitrogen and oxygen atoms in total. The summed E-state index contributed by atoms with van der Waals surface area (Å²) in [7, 11) is 0. The second-order valence-corrected chi connectivity index (χ2v) is 2.54. The van der Waals surface area contributed by atoms with Crippen molar-refractivity contribution >= 4 is 17.8 Å². The van der Waals surface area contributed by atoms with Crippen LogP contribution < -0.4 is 11.1 Å². The predicted molar refractivity (Wildman–Crippen MR) is 48.0 cm³/mol. The topological polar surface area (TPSA) is 98.5 Å². The van der Waals surface area contributed by atoms with Gasteiger partial charge in [-0.05, 0) is 6.92 Å². The first-order chi connectivity index (χ1) is 6.45. The van der Waals surface area contributed by atoms with Crippen LogP contribution in [-0.4, -0.2) is 30.9 Å². The molecule has 14 heavy (non-hydrogen) atoms. The lowest BCUT2D eigenvalue weighted by molar-refractivity contribution is -0.140. The van der Waals surface area contributed by atoms with E-state index < -0.39 is 17.8 Å². The summed E-state index contributed by atoms with van der Waals surface area (Å²) in [6.45, 7) is 4.88. The van der Waals surface area contributed by atoms with Crippen molar-refractivity contribution in [1.29, 1.82) is 0 Å². The Morgan fingerprint density at radius 3 is 2.43 bits per heavy atom. The zero-order chi connectivity index (χ0) is 11.1. The molecule has 0 fully saturated rings. The van der Waals surface area contributed by atoms with Gasteiger partial charge in [0.1, 0.15) is 6.61 Å². The molecule has 0 aromatic carbocycles. The molecule has 0 saturated heterocycles. The Morgan fingerprint density at radius 1 is 1.43 bits per heavy atom. The van der Waals surface area contributed by atoms with Gasteiger partial charge in [0.15, 0.2) is 0 Å². The third-order valence-corrected chi connectivity index (χ3v) is 1.19. The fourth-order valence-corrected chi connectivity index (χ4v) is 0.519. The molecule has 0 radical (unpaired) electrons. The van der Waals surface area contributed by atoms with E-state index in [9.17, 15) is 14.4 Å². The van der Waals surface area contributed by atoms with Gasteiger partial charge in [0.2, 0.25) is 0 Å². The highest BCUT2D eigenvalue weighted by atomic mass is 16.5. The normalized spacial score (nSPS) is 8.93. The molecular weight excluding hydrogens is 188 g/mol. The third kappa shape index (κ3) is 4.91. The van der Waals surface area contributed by atoms with Gasteiger partial charge in [-0.15, -0.1) is 0 Å². The quantitative estimate of drug-likeness (QED) is 0.255. The molecule has 0 aliphatic rings. The minimum Gasteiger partial charge on any atom is -0.460 e. The van der Waals surface area contributed by atoms with Crippen LogP contribution in [0.25, 0.3) is 0 Å². The number of primary amides is 1. The van der Waals surface area contributed by atoms with Crippen LogP contribution in [0.5, 0.6) is 0 Å². The molecule has 0 unspecified atom stereocenters. The van der Waals surface area contributed by atoms with Gasteiger partial charge in [0, 0.05) is 5.57 Å². The Kier molecular flexibility index (Phi) is 4.98. The molecule has 0 rings (SSSR count). The number of ether oxygens (including phenoxy) is 1. The Hall–Kier alpha value is -1.85. The van der Waals surface area contributed by atoms with Gasteiger partial charge in [0.25, 0.3) is 0 Å². The molecule has 0 heterocycles. The number of carbonyl (C=O) groups excluding carboxylic acids is 3. The SMILES string of the molecule is C=C(C)C(=O)OCCNC(=O)C(N)=O. The number of hydrogen-bond donors (Lipinski definition) is 2. The Balaban J connectivity index is 3.57. The van der Waals surface area contributed by atoms with Gasteiger partial charge in [-0.25, -0.2) is 4.79 Å². The second-order valence-electron chi connectivity index (χ2n) is 2.54. The van der Waals surface area contributed by atoms with Gasteiger partial charge in [-0.1, -0.05) is 6.58 Å². The van der Waals surface area contributed by atoms with E-state index in [1.165, 1.54) is 6.92 Å². The van der Waals surface area contributed by atoms with Crippen molar-refractivity contribution in [3.05, 3.63) is 12.2 Å². The van der Waals surface area contributed by atoms with Crippen LogP contribution in [0.4, 0.5) is 0 Å². The Labute approximate surface area is 81.1 Å². The Bertz CT molecular complexity index is 245. The number of amides is 2. The summed E-state index contributed by atoms with van der Waals surface area (Å²) in [5.41, 5.74) is 4.92. The number of rotatable bonds is 4. The van der Waals surface area contributed by atoms with Crippen LogP contribution in [0.3, 0.4) is 0 Å². The third-order valence-electron chi connectivity index (χ3n) is 1.19. The fourth-order valence-electron chi connectivity index (χ4n) is 0.519. The summed E-state index contributed by atoms with van der Waals surface area (Å²) >= 11 is 0. The predicted octanol–water partition coefficient (Wildman–Crippen LogP) is -1.29. The van der Waals surface area contributed by atoms with Gasteiger partial charge in [0.05, 0.1) is 6.54 Å². The van der Waals surface area contributed by atoms with Gasteiger partial charge >= 0.3 is 17.8 Å². The number of nitrogens with two attached hydrogens (primary N) is 1. The summed E-state index contributed by atoms with van der Waals surface area (Å²) in [5.74, 6) is -2.52. The number of hydrogen-bond acceptors (Lipinski definition) is 4. The van der Waals surface area contributed by atoms with E-state index in [4.69, 9.17) is 0 Å². The van der Waals surface area contributed by atoms with E-state index in [0.29, 0.717) is 0 Å². The lowest BCUT2D eigenvalue weighted by Crippen LogP contribution is -2.37. The molecule has 78 valence electrons. The molecule has 0 aromatic rings. The first kappa shape index (κ1) is 12.2. The van der Waals surface area contributed by atoms with Gasteiger partial charge in [-0.2, -0.15) is 0 Å². The highest BCUT2D eigenvalue weighted by molar-refractivity contribution is 6.34. The van der Waals surface area contributed by atoms with Crippen molar-refractivity contribution in [3.63, 3.8) is 0 Å². The first-order valence-corrected chi connectivity index (χ1v) is 3.85. The maximum Gasteiger partial charge on any atom is 0.333 e. The largest absolute Gasteiger partial charge is 0.460 e. The maximum atomic E-state index is 10.8. The van der Waals surface area contributed by atoms with Crippen LogP contribution in [0, 0.1) is 0 Å². The molecule has 0 aliphatic heterocycles. The maximum absolute atomic E-state index is 10.8. The lowest BCUT2D eigenvalue weighted by atomic mass is 10.4. The summed E-state index contributed by atoms with van der Waals surface area (Å²) in [5, 5.41) is 2.16. The summed E-state index contributed by atoms with van der Waals surface area (Å²) in [4.78, 5) is 31.6. The smallest absolute Gasteiger partial charge is 0.333 e. The summed E-state index contributed by atoms with van der Waals surface area (Å²) in [6.07, 6.45) is 0. The van der Waals surface area contributed by atoms with E-state index in [2.05, 4.69) is 22.4 Å². The van der Waals surface area contributed by atoms with E-state index in [1.807, 2.05) is 0 Å². The molecule has 0 bridgehead atoms. The van der Waals surface area contributed by atoms with Crippen LogP contribution >= 0.6 is 0 Å². The fraction of sp³-hybridized carbons (Fsp3) is 0.375. The molecular formula is C8H12N2O4. The van der Waals surface area contributed by atoms with E-state index in [-0.39, 0.29) is 18.7 Å². The highest BCUT2D eigenvalue weighted by Crippen LogP contribution is 1.90. The minimum absolute atomic E-state index is 0.0231.